The van der Waals surface area contributed by atoms with Gasteiger partial charge in [-0.1, -0.05) is 6.92 Å². The summed E-state index contributed by atoms with van der Waals surface area (Å²) in [6, 6.07) is 0. The molecule has 1 atom stereocenters. The number of aliphatic hydroxyl groups excluding tert-OH is 1. The van der Waals surface area contributed by atoms with Crippen molar-refractivity contribution in [3.63, 3.8) is 0 Å². The van der Waals surface area contributed by atoms with Crippen molar-refractivity contribution in [2.45, 2.75) is 26.0 Å². The second kappa shape index (κ2) is 5.33. The lowest BCUT2D eigenvalue weighted by Crippen LogP contribution is -2.34. The van der Waals surface area contributed by atoms with Crippen molar-refractivity contribution in [1.82, 2.24) is 20.1 Å². The monoisotopic (exact) mass is 198 g/mol. The topological polar surface area (TPSA) is 80.0 Å². The van der Waals surface area contributed by atoms with Crippen LogP contribution in [-0.2, 0) is 11.3 Å². The van der Waals surface area contributed by atoms with E-state index in [9.17, 15) is 9.90 Å². The van der Waals surface area contributed by atoms with E-state index in [1.54, 1.807) is 0 Å². The SMILES string of the molecule is CCC(O)CNC(=O)Cn1cncn1. The molecule has 2 N–H and O–H groups in total. The first-order valence-corrected chi connectivity index (χ1v) is 4.49. The van der Waals surface area contributed by atoms with Crippen molar-refractivity contribution in [2.24, 2.45) is 0 Å². The number of hydrogen-bond acceptors (Lipinski definition) is 4. The summed E-state index contributed by atoms with van der Waals surface area (Å²) in [6.45, 7) is 2.27. The van der Waals surface area contributed by atoms with E-state index in [0.29, 0.717) is 6.42 Å². The van der Waals surface area contributed by atoms with Crippen LogP contribution in [0.15, 0.2) is 12.7 Å². The Balaban J connectivity index is 2.23. The van der Waals surface area contributed by atoms with Crippen LogP contribution in [0.1, 0.15) is 13.3 Å². The summed E-state index contributed by atoms with van der Waals surface area (Å²) in [7, 11) is 0. The molecule has 0 fully saturated rings. The first kappa shape index (κ1) is 10.6. The molecule has 1 unspecified atom stereocenters. The summed E-state index contributed by atoms with van der Waals surface area (Å²) in [6.07, 6.45) is 2.99. The minimum atomic E-state index is -0.477. The van der Waals surface area contributed by atoms with Gasteiger partial charge in [0, 0.05) is 6.54 Å². The molecule has 1 aromatic rings. The number of amides is 1. The van der Waals surface area contributed by atoms with E-state index in [1.165, 1.54) is 17.3 Å². The Bertz CT molecular complexity index is 273. The first-order valence-electron chi connectivity index (χ1n) is 4.49. The molecule has 0 saturated heterocycles. The molecule has 0 radical (unpaired) electrons. The van der Waals surface area contributed by atoms with Crippen LogP contribution in [0.3, 0.4) is 0 Å². The summed E-state index contributed by atoms with van der Waals surface area (Å²) in [5, 5.41) is 15.6. The molecule has 6 heteroatoms. The number of nitrogens with one attached hydrogen (secondary N) is 1. The molecule has 0 saturated carbocycles. The van der Waals surface area contributed by atoms with Gasteiger partial charge < -0.3 is 10.4 Å². The van der Waals surface area contributed by atoms with E-state index in [4.69, 9.17) is 0 Å². The van der Waals surface area contributed by atoms with Crippen LogP contribution in [0.5, 0.6) is 0 Å². The normalized spacial score (nSPS) is 12.4. The standard InChI is InChI=1S/C8H14N4O2/c1-2-7(13)3-10-8(14)4-12-6-9-5-11-12/h5-7,13H,2-4H2,1H3,(H,10,14). The summed E-state index contributed by atoms with van der Waals surface area (Å²) < 4.78 is 1.42. The fourth-order valence-electron chi connectivity index (χ4n) is 0.893. The van der Waals surface area contributed by atoms with Gasteiger partial charge in [0.15, 0.2) is 0 Å². The van der Waals surface area contributed by atoms with Gasteiger partial charge in [0.1, 0.15) is 19.2 Å². The van der Waals surface area contributed by atoms with Crippen LogP contribution >= 0.6 is 0 Å². The molecule has 0 aliphatic rings. The number of nitrogens with zero attached hydrogens (tertiary/aromatic N) is 3. The number of rotatable bonds is 5. The number of hydrogen-bond donors (Lipinski definition) is 2. The zero-order chi connectivity index (χ0) is 10.4. The number of carbonyl (C=O) groups is 1. The Morgan fingerprint density at radius 1 is 1.71 bits per heavy atom. The third-order valence-electron chi connectivity index (χ3n) is 1.78. The summed E-state index contributed by atoms with van der Waals surface area (Å²) in [4.78, 5) is 14.9. The smallest absolute Gasteiger partial charge is 0.241 e. The van der Waals surface area contributed by atoms with Gasteiger partial charge in [-0.25, -0.2) is 9.67 Å². The quantitative estimate of drug-likeness (QED) is 0.647. The average Bonchev–Trinajstić information content (AvgIpc) is 2.66. The molecule has 1 rings (SSSR count). The zero-order valence-electron chi connectivity index (χ0n) is 8.05. The minimum absolute atomic E-state index is 0.135. The van der Waals surface area contributed by atoms with Crippen LogP contribution in [0.2, 0.25) is 0 Å². The molecular weight excluding hydrogens is 184 g/mol. The lowest BCUT2D eigenvalue weighted by molar-refractivity contribution is -0.122. The van der Waals surface area contributed by atoms with Gasteiger partial charge >= 0.3 is 0 Å². The highest BCUT2D eigenvalue weighted by Gasteiger charge is 2.05. The third-order valence-corrected chi connectivity index (χ3v) is 1.78. The molecule has 14 heavy (non-hydrogen) atoms. The van der Waals surface area contributed by atoms with Crippen molar-refractivity contribution in [3.05, 3.63) is 12.7 Å². The number of aliphatic hydroxyl groups is 1. The highest BCUT2D eigenvalue weighted by Crippen LogP contribution is 1.87. The van der Waals surface area contributed by atoms with Gasteiger partial charge in [-0.3, -0.25) is 4.79 Å². The zero-order valence-corrected chi connectivity index (χ0v) is 8.05. The molecule has 1 heterocycles. The second-order valence-electron chi connectivity index (χ2n) is 2.96. The Morgan fingerprint density at radius 2 is 2.50 bits per heavy atom. The van der Waals surface area contributed by atoms with Crippen LogP contribution in [-0.4, -0.2) is 38.4 Å². The van der Waals surface area contributed by atoms with Crippen LogP contribution < -0.4 is 5.32 Å². The van der Waals surface area contributed by atoms with Gasteiger partial charge in [-0.05, 0) is 6.42 Å². The fraction of sp³-hybridized carbons (Fsp3) is 0.625. The highest BCUT2D eigenvalue weighted by molar-refractivity contribution is 5.75. The Hall–Kier alpha value is -1.43. The van der Waals surface area contributed by atoms with Crippen LogP contribution in [0.25, 0.3) is 0 Å². The predicted octanol–water partition coefficient (Wildman–Crippen LogP) is -0.835. The molecule has 0 aromatic carbocycles. The van der Waals surface area contributed by atoms with Gasteiger partial charge in [-0.15, -0.1) is 0 Å². The molecule has 0 bridgehead atoms. The van der Waals surface area contributed by atoms with Crippen molar-refractivity contribution in [3.8, 4) is 0 Å². The lowest BCUT2D eigenvalue weighted by Gasteiger charge is -2.08. The van der Waals surface area contributed by atoms with Crippen molar-refractivity contribution < 1.29 is 9.90 Å². The fourth-order valence-corrected chi connectivity index (χ4v) is 0.893. The molecular formula is C8H14N4O2. The van der Waals surface area contributed by atoms with Gasteiger partial charge in [0.25, 0.3) is 0 Å². The van der Waals surface area contributed by atoms with Crippen molar-refractivity contribution in [1.29, 1.82) is 0 Å². The molecule has 0 aliphatic carbocycles. The molecule has 1 amide bonds. The van der Waals surface area contributed by atoms with Gasteiger partial charge in [0.2, 0.25) is 5.91 Å². The van der Waals surface area contributed by atoms with Crippen LogP contribution in [0.4, 0.5) is 0 Å². The molecule has 0 aliphatic heterocycles. The Kier molecular flexibility index (Phi) is 4.06. The summed E-state index contributed by atoms with van der Waals surface area (Å²) >= 11 is 0. The van der Waals surface area contributed by atoms with E-state index < -0.39 is 6.10 Å². The second-order valence-corrected chi connectivity index (χ2v) is 2.96. The maximum Gasteiger partial charge on any atom is 0.241 e. The summed E-state index contributed by atoms with van der Waals surface area (Å²) in [5.41, 5.74) is 0. The van der Waals surface area contributed by atoms with E-state index >= 15 is 0 Å². The summed E-state index contributed by atoms with van der Waals surface area (Å²) in [5.74, 6) is -0.178. The van der Waals surface area contributed by atoms with E-state index in [-0.39, 0.29) is 19.0 Å². The number of carbonyl (C=O) groups excluding carboxylic acids is 1. The maximum atomic E-state index is 11.2. The van der Waals surface area contributed by atoms with Gasteiger partial charge in [-0.2, -0.15) is 5.10 Å². The minimum Gasteiger partial charge on any atom is -0.391 e. The molecule has 78 valence electrons. The predicted molar refractivity (Wildman–Crippen MR) is 49.3 cm³/mol. The van der Waals surface area contributed by atoms with Crippen molar-refractivity contribution >= 4 is 5.91 Å². The highest BCUT2D eigenvalue weighted by atomic mass is 16.3. The lowest BCUT2D eigenvalue weighted by atomic mass is 10.3. The Morgan fingerprint density at radius 3 is 3.07 bits per heavy atom. The number of aromatic nitrogens is 3. The van der Waals surface area contributed by atoms with Gasteiger partial charge in [0.05, 0.1) is 6.10 Å². The van der Waals surface area contributed by atoms with E-state index in [1.807, 2.05) is 6.92 Å². The molecule has 1 aromatic heterocycles. The van der Waals surface area contributed by atoms with E-state index in [0.717, 1.165) is 0 Å². The van der Waals surface area contributed by atoms with Crippen molar-refractivity contribution in [2.75, 3.05) is 6.54 Å². The third kappa shape index (κ3) is 3.53. The molecule has 6 nitrogen and oxygen atoms in total. The first-order chi connectivity index (χ1) is 6.72. The van der Waals surface area contributed by atoms with E-state index in [2.05, 4.69) is 15.4 Å². The molecule has 0 spiro atoms. The maximum absolute atomic E-state index is 11.2. The van der Waals surface area contributed by atoms with Crippen LogP contribution in [0, 0.1) is 0 Å². The Labute approximate surface area is 82.0 Å². The largest absolute Gasteiger partial charge is 0.391 e. The average molecular weight is 198 g/mol.